The van der Waals surface area contributed by atoms with E-state index in [1.165, 1.54) is 0 Å². The average Bonchev–Trinajstić information content (AvgIpc) is 2.54. The van der Waals surface area contributed by atoms with Crippen LogP contribution in [0.1, 0.15) is 25.3 Å². The standard InChI is InChI=1S/C18H27NO4/c1-3-22-18(21)15-7-9-19(10-8-15)12-16(20)13-23-17-6-4-5-14(2)11-17/h4-6,11,15-16,20H,3,7-10,12-13H2,1-2H3/t16-/m0/s1. The fourth-order valence-corrected chi connectivity index (χ4v) is 2.86. The lowest BCUT2D eigenvalue weighted by molar-refractivity contribution is -0.149. The van der Waals surface area contributed by atoms with Gasteiger partial charge in [-0.25, -0.2) is 0 Å². The molecule has 0 spiro atoms. The lowest BCUT2D eigenvalue weighted by Gasteiger charge is -2.32. The van der Waals surface area contributed by atoms with Gasteiger partial charge in [-0.1, -0.05) is 12.1 Å². The van der Waals surface area contributed by atoms with Gasteiger partial charge >= 0.3 is 5.97 Å². The van der Waals surface area contributed by atoms with Gasteiger partial charge in [-0.2, -0.15) is 0 Å². The summed E-state index contributed by atoms with van der Waals surface area (Å²) in [7, 11) is 0. The predicted octanol–water partition coefficient (Wildman–Crippen LogP) is 2.01. The third kappa shape index (κ3) is 5.84. The first-order valence-electron chi connectivity index (χ1n) is 8.35. The molecule has 0 amide bonds. The summed E-state index contributed by atoms with van der Waals surface area (Å²) >= 11 is 0. The van der Waals surface area contributed by atoms with Crippen LogP contribution in [-0.2, 0) is 9.53 Å². The van der Waals surface area contributed by atoms with E-state index in [0.29, 0.717) is 13.2 Å². The molecule has 0 radical (unpaired) electrons. The van der Waals surface area contributed by atoms with Crippen LogP contribution >= 0.6 is 0 Å². The second kappa shape index (κ2) is 8.89. The summed E-state index contributed by atoms with van der Waals surface area (Å²) in [5.74, 6) is 0.701. The SMILES string of the molecule is CCOC(=O)C1CCN(C[C@H](O)COc2cccc(C)c2)CC1. The molecule has 1 aromatic carbocycles. The van der Waals surface area contributed by atoms with Gasteiger partial charge in [0.2, 0.25) is 0 Å². The van der Waals surface area contributed by atoms with Crippen LogP contribution in [0.3, 0.4) is 0 Å². The lowest BCUT2D eigenvalue weighted by Crippen LogP contribution is -2.42. The van der Waals surface area contributed by atoms with Crippen LogP contribution < -0.4 is 4.74 Å². The molecular weight excluding hydrogens is 294 g/mol. The van der Waals surface area contributed by atoms with Gasteiger partial charge < -0.3 is 19.5 Å². The summed E-state index contributed by atoms with van der Waals surface area (Å²) in [6.07, 6.45) is 1.06. The molecule has 0 aromatic heterocycles. The lowest BCUT2D eigenvalue weighted by atomic mass is 9.97. The van der Waals surface area contributed by atoms with Crippen molar-refractivity contribution in [2.75, 3.05) is 32.8 Å². The van der Waals surface area contributed by atoms with E-state index >= 15 is 0 Å². The molecule has 128 valence electrons. The highest BCUT2D eigenvalue weighted by Gasteiger charge is 2.26. The summed E-state index contributed by atoms with van der Waals surface area (Å²) in [6, 6.07) is 7.80. The molecule has 1 aromatic rings. The largest absolute Gasteiger partial charge is 0.491 e. The van der Waals surface area contributed by atoms with Crippen molar-refractivity contribution in [3.8, 4) is 5.75 Å². The molecule has 0 saturated carbocycles. The minimum Gasteiger partial charge on any atom is -0.491 e. The average molecular weight is 321 g/mol. The van der Waals surface area contributed by atoms with Crippen LogP contribution in [0.15, 0.2) is 24.3 Å². The number of carbonyl (C=O) groups is 1. The Balaban J connectivity index is 1.68. The molecule has 0 aliphatic carbocycles. The molecule has 1 aliphatic heterocycles. The maximum absolute atomic E-state index is 11.7. The zero-order valence-corrected chi connectivity index (χ0v) is 14.0. The zero-order valence-electron chi connectivity index (χ0n) is 14.0. The number of aliphatic hydroxyl groups is 1. The maximum Gasteiger partial charge on any atom is 0.309 e. The predicted molar refractivity (Wildman–Crippen MR) is 88.5 cm³/mol. The number of rotatable bonds is 7. The first kappa shape index (κ1) is 17.8. The van der Waals surface area contributed by atoms with Crippen LogP contribution in [0.4, 0.5) is 0 Å². The van der Waals surface area contributed by atoms with Crippen molar-refractivity contribution < 1.29 is 19.4 Å². The summed E-state index contributed by atoms with van der Waals surface area (Å²) < 4.78 is 10.7. The molecule has 23 heavy (non-hydrogen) atoms. The van der Waals surface area contributed by atoms with Crippen molar-refractivity contribution in [1.29, 1.82) is 0 Å². The second-order valence-corrected chi connectivity index (χ2v) is 6.11. The van der Waals surface area contributed by atoms with Crippen LogP contribution in [0.2, 0.25) is 0 Å². The van der Waals surface area contributed by atoms with Crippen molar-refractivity contribution in [2.45, 2.75) is 32.8 Å². The third-order valence-corrected chi connectivity index (χ3v) is 4.11. The third-order valence-electron chi connectivity index (χ3n) is 4.11. The fraction of sp³-hybridized carbons (Fsp3) is 0.611. The summed E-state index contributed by atoms with van der Waals surface area (Å²) in [4.78, 5) is 13.9. The van der Waals surface area contributed by atoms with Gasteiger partial charge in [-0.05, 0) is 57.5 Å². The molecule has 1 N–H and O–H groups in total. The number of piperidine rings is 1. The smallest absolute Gasteiger partial charge is 0.309 e. The molecular formula is C18H27NO4. The van der Waals surface area contributed by atoms with Crippen molar-refractivity contribution in [1.82, 2.24) is 4.90 Å². The van der Waals surface area contributed by atoms with E-state index in [2.05, 4.69) is 4.90 Å². The van der Waals surface area contributed by atoms with Gasteiger partial charge in [0.25, 0.3) is 0 Å². The van der Waals surface area contributed by atoms with Gasteiger partial charge in [-0.15, -0.1) is 0 Å². The van der Waals surface area contributed by atoms with Crippen LogP contribution in [0.25, 0.3) is 0 Å². The Kier molecular flexibility index (Phi) is 6.86. The van der Waals surface area contributed by atoms with Crippen molar-refractivity contribution in [2.24, 2.45) is 5.92 Å². The van der Waals surface area contributed by atoms with E-state index in [4.69, 9.17) is 9.47 Å². The van der Waals surface area contributed by atoms with E-state index in [9.17, 15) is 9.90 Å². The highest BCUT2D eigenvalue weighted by molar-refractivity contribution is 5.72. The summed E-state index contributed by atoms with van der Waals surface area (Å²) in [5.41, 5.74) is 1.14. The van der Waals surface area contributed by atoms with Gasteiger partial charge in [0, 0.05) is 6.54 Å². The topological polar surface area (TPSA) is 59.0 Å². The van der Waals surface area contributed by atoms with E-state index in [0.717, 1.165) is 37.2 Å². The Morgan fingerprint density at radius 3 is 2.78 bits per heavy atom. The first-order chi connectivity index (χ1) is 11.1. The molecule has 1 aliphatic rings. The van der Waals surface area contributed by atoms with Crippen molar-refractivity contribution in [3.05, 3.63) is 29.8 Å². The molecule has 1 fully saturated rings. The van der Waals surface area contributed by atoms with Gasteiger partial charge in [0.15, 0.2) is 0 Å². The maximum atomic E-state index is 11.7. The molecule has 1 heterocycles. The minimum atomic E-state index is -0.533. The van der Waals surface area contributed by atoms with E-state index in [-0.39, 0.29) is 18.5 Å². The molecule has 0 bridgehead atoms. The van der Waals surface area contributed by atoms with Gasteiger partial charge in [0.05, 0.1) is 12.5 Å². The monoisotopic (exact) mass is 321 g/mol. The number of aryl methyl sites for hydroxylation is 1. The Morgan fingerprint density at radius 2 is 2.13 bits per heavy atom. The number of nitrogens with zero attached hydrogens (tertiary/aromatic N) is 1. The summed E-state index contributed by atoms with van der Waals surface area (Å²) in [6.45, 7) is 6.75. The highest BCUT2D eigenvalue weighted by Crippen LogP contribution is 2.19. The molecule has 5 nitrogen and oxygen atoms in total. The van der Waals surface area contributed by atoms with Crippen molar-refractivity contribution in [3.63, 3.8) is 0 Å². The van der Waals surface area contributed by atoms with E-state index in [1.807, 2.05) is 38.1 Å². The Labute approximate surface area is 138 Å². The fourth-order valence-electron chi connectivity index (χ4n) is 2.86. The second-order valence-electron chi connectivity index (χ2n) is 6.11. The van der Waals surface area contributed by atoms with Crippen LogP contribution in [0, 0.1) is 12.8 Å². The van der Waals surface area contributed by atoms with Crippen LogP contribution in [-0.4, -0.2) is 54.9 Å². The van der Waals surface area contributed by atoms with Gasteiger partial charge in [-0.3, -0.25) is 4.79 Å². The number of esters is 1. The quantitative estimate of drug-likeness (QED) is 0.779. The molecule has 5 heteroatoms. The van der Waals surface area contributed by atoms with E-state index < -0.39 is 6.10 Å². The number of hydrogen-bond acceptors (Lipinski definition) is 5. The van der Waals surface area contributed by atoms with Crippen molar-refractivity contribution >= 4 is 5.97 Å². The summed E-state index contributed by atoms with van der Waals surface area (Å²) in [5, 5.41) is 10.1. The molecule has 1 saturated heterocycles. The highest BCUT2D eigenvalue weighted by atomic mass is 16.5. The number of ether oxygens (including phenoxy) is 2. The number of carbonyl (C=O) groups excluding carboxylic acids is 1. The minimum absolute atomic E-state index is 0.00638. The number of hydrogen-bond donors (Lipinski definition) is 1. The Morgan fingerprint density at radius 1 is 1.39 bits per heavy atom. The zero-order chi connectivity index (χ0) is 16.7. The molecule has 2 rings (SSSR count). The number of likely N-dealkylation sites (tertiary alicyclic amines) is 1. The molecule has 0 unspecified atom stereocenters. The molecule has 1 atom stereocenters. The van der Waals surface area contributed by atoms with Gasteiger partial charge in [0.1, 0.15) is 18.5 Å². The normalized spacial score (nSPS) is 17.7. The number of aliphatic hydroxyl groups excluding tert-OH is 1. The Hall–Kier alpha value is -1.59. The number of benzene rings is 1. The number of β-amino-alcohol motifs (C(OH)–C–C–N with tert-alkyl or cyclic N) is 1. The van der Waals surface area contributed by atoms with Crippen LogP contribution in [0.5, 0.6) is 5.75 Å². The Bertz CT molecular complexity index is 498. The first-order valence-corrected chi connectivity index (χ1v) is 8.35. The van der Waals surface area contributed by atoms with E-state index in [1.54, 1.807) is 0 Å².